The average molecular weight is 276 g/mol. The van der Waals surface area contributed by atoms with Crippen LogP contribution in [0, 0.1) is 17.6 Å². The molecule has 0 aliphatic carbocycles. The van der Waals surface area contributed by atoms with E-state index in [0.29, 0.717) is 10.4 Å². The fourth-order valence-electron chi connectivity index (χ4n) is 1.96. The molecule has 1 heterocycles. The molecule has 0 bridgehead atoms. The molecule has 0 spiro atoms. The average Bonchev–Trinajstić information content (AvgIpc) is 2.66. The van der Waals surface area contributed by atoms with Crippen LogP contribution in [0.25, 0.3) is 0 Å². The monoisotopic (exact) mass is 275 g/mol. The van der Waals surface area contributed by atoms with Crippen molar-refractivity contribution >= 4 is 15.9 Å². The van der Waals surface area contributed by atoms with Crippen molar-refractivity contribution in [3.05, 3.63) is 33.8 Å². The molecule has 1 aliphatic rings. The van der Waals surface area contributed by atoms with E-state index in [1.807, 2.05) is 0 Å². The fraction of sp³-hybridized carbons (Fsp3) is 0.455. The number of hydrogen-bond donors (Lipinski definition) is 1. The molecule has 4 heteroatoms. The second-order valence-corrected chi connectivity index (χ2v) is 4.72. The zero-order valence-electron chi connectivity index (χ0n) is 8.19. The van der Waals surface area contributed by atoms with Crippen LogP contribution in [0.4, 0.5) is 8.78 Å². The molecule has 1 aromatic carbocycles. The van der Waals surface area contributed by atoms with Crippen LogP contribution in [-0.4, -0.2) is 13.1 Å². The molecule has 1 nitrogen and oxygen atoms in total. The highest BCUT2D eigenvalue weighted by Gasteiger charge is 2.18. The number of nitrogens with one attached hydrogen (secondary N) is 1. The number of benzene rings is 1. The van der Waals surface area contributed by atoms with Gasteiger partial charge in [-0.25, -0.2) is 8.78 Å². The second kappa shape index (κ2) is 4.58. The molecule has 1 unspecified atom stereocenters. The van der Waals surface area contributed by atoms with Crippen LogP contribution >= 0.6 is 15.9 Å². The third-order valence-electron chi connectivity index (χ3n) is 2.74. The smallest absolute Gasteiger partial charge is 0.140 e. The summed E-state index contributed by atoms with van der Waals surface area (Å²) in [5.41, 5.74) is 0.723. The van der Waals surface area contributed by atoms with Gasteiger partial charge in [-0.2, -0.15) is 0 Å². The Morgan fingerprint density at radius 2 is 2.20 bits per heavy atom. The van der Waals surface area contributed by atoms with Crippen LogP contribution in [0.3, 0.4) is 0 Å². The Morgan fingerprint density at radius 1 is 1.40 bits per heavy atom. The normalized spacial score (nSPS) is 20.9. The lowest BCUT2D eigenvalue weighted by Gasteiger charge is -2.10. The van der Waals surface area contributed by atoms with E-state index in [-0.39, 0.29) is 0 Å². The minimum atomic E-state index is -0.518. The Bertz CT molecular complexity index is 362. The highest BCUT2D eigenvalue weighted by molar-refractivity contribution is 9.10. The van der Waals surface area contributed by atoms with E-state index >= 15 is 0 Å². The lowest BCUT2D eigenvalue weighted by Crippen LogP contribution is -2.11. The molecule has 0 radical (unpaired) electrons. The third kappa shape index (κ3) is 2.55. The van der Waals surface area contributed by atoms with E-state index in [1.54, 1.807) is 0 Å². The first kappa shape index (κ1) is 11.0. The summed E-state index contributed by atoms with van der Waals surface area (Å²) < 4.78 is 26.6. The molecular weight excluding hydrogens is 264 g/mol. The number of rotatable bonds is 2. The SMILES string of the molecule is Fc1cc(F)c(Br)c(CC2CCNC2)c1. The maximum Gasteiger partial charge on any atom is 0.140 e. The zero-order chi connectivity index (χ0) is 10.8. The van der Waals surface area contributed by atoms with E-state index < -0.39 is 11.6 Å². The van der Waals surface area contributed by atoms with Crippen molar-refractivity contribution in [1.29, 1.82) is 0 Å². The Kier molecular flexibility index (Phi) is 3.36. The summed E-state index contributed by atoms with van der Waals surface area (Å²) in [6, 6.07) is 2.31. The van der Waals surface area contributed by atoms with Gasteiger partial charge in [0.15, 0.2) is 0 Å². The van der Waals surface area contributed by atoms with E-state index in [2.05, 4.69) is 21.2 Å². The Balaban J connectivity index is 2.19. The van der Waals surface area contributed by atoms with Crippen molar-refractivity contribution in [2.45, 2.75) is 12.8 Å². The van der Waals surface area contributed by atoms with Crippen LogP contribution in [-0.2, 0) is 6.42 Å². The minimum Gasteiger partial charge on any atom is -0.316 e. The van der Waals surface area contributed by atoms with Crippen LogP contribution in [0.1, 0.15) is 12.0 Å². The summed E-state index contributed by atoms with van der Waals surface area (Å²) in [6.07, 6.45) is 1.80. The highest BCUT2D eigenvalue weighted by atomic mass is 79.9. The molecule has 1 aliphatic heterocycles. The van der Waals surface area contributed by atoms with Crippen LogP contribution in [0.2, 0.25) is 0 Å². The molecule has 0 aromatic heterocycles. The predicted molar refractivity (Wildman–Crippen MR) is 58.7 cm³/mol. The Morgan fingerprint density at radius 3 is 2.87 bits per heavy atom. The molecule has 0 saturated carbocycles. The quantitative estimate of drug-likeness (QED) is 0.819. The van der Waals surface area contributed by atoms with E-state index in [4.69, 9.17) is 0 Å². The molecule has 2 rings (SSSR count). The zero-order valence-corrected chi connectivity index (χ0v) is 9.78. The highest BCUT2D eigenvalue weighted by Crippen LogP contribution is 2.26. The maximum atomic E-state index is 13.2. The molecule has 1 N–H and O–H groups in total. The van der Waals surface area contributed by atoms with Crippen molar-refractivity contribution in [3.8, 4) is 0 Å². The van der Waals surface area contributed by atoms with Crippen molar-refractivity contribution in [3.63, 3.8) is 0 Å². The van der Waals surface area contributed by atoms with Gasteiger partial charge in [-0.1, -0.05) is 0 Å². The molecule has 0 amide bonds. The summed E-state index contributed by atoms with van der Waals surface area (Å²) in [4.78, 5) is 0. The number of halogens is 3. The van der Waals surface area contributed by atoms with Gasteiger partial charge in [-0.05, 0) is 59.4 Å². The van der Waals surface area contributed by atoms with Gasteiger partial charge in [0.05, 0.1) is 4.47 Å². The summed E-state index contributed by atoms with van der Waals surface area (Å²) in [7, 11) is 0. The predicted octanol–water partition coefficient (Wildman–Crippen LogP) is 2.88. The van der Waals surface area contributed by atoms with Crippen molar-refractivity contribution in [2.24, 2.45) is 5.92 Å². The van der Waals surface area contributed by atoms with Crippen molar-refractivity contribution in [2.75, 3.05) is 13.1 Å². The van der Waals surface area contributed by atoms with Gasteiger partial charge in [0.1, 0.15) is 11.6 Å². The number of hydrogen-bond acceptors (Lipinski definition) is 1. The molecule has 1 saturated heterocycles. The minimum absolute atomic E-state index is 0.399. The lowest BCUT2D eigenvalue weighted by atomic mass is 9.98. The topological polar surface area (TPSA) is 12.0 Å². The Hall–Kier alpha value is -0.480. The van der Waals surface area contributed by atoms with Gasteiger partial charge >= 0.3 is 0 Å². The largest absolute Gasteiger partial charge is 0.316 e. The first-order valence-corrected chi connectivity index (χ1v) is 5.80. The van der Waals surface area contributed by atoms with E-state index in [9.17, 15) is 8.78 Å². The Labute approximate surface area is 96.0 Å². The van der Waals surface area contributed by atoms with Crippen molar-refractivity contribution < 1.29 is 8.78 Å². The first-order chi connectivity index (χ1) is 7.16. The first-order valence-electron chi connectivity index (χ1n) is 5.01. The standard InChI is InChI=1S/C11H12BrF2N/c12-11-8(3-7-1-2-15-6-7)4-9(13)5-10(11)14/h4-5,7,15H,1-3,6H2. The molecule has 1 atom stereocenters. The summed E-state index contributed by atoms with van der Waals surface area (Å²) in [5, 5.41) is 3.24. The van der Waals surface area contributed by atoms with Gasteiger partial charge in [-0.15, -0.1) is 0 Å². The van der Waals surface area contributed by atoms with Gasteiger partial charge < -0.3 is 5.32 Å². The van der Waals surface area contributed by atoms with Gasteiger partial charge in [0.25, 0.3) is 0 Å². The molecule has 15 heavy (non-hydrogen) atoms. The van der Waals surface area contributed by atoms with Crippen LogP contribution in [0.15, 0.2) is 16.6 Å². The summed E-state index contributed by atoms with van der Waals surface area (Å²) >= 11 is 3.16. The molecule has 1 aromatic rings. The van der Waals surface area contributed by atoms with Gasteiger partial charge in [0, 0.05) is 6.07 Å². The molecule has 82 valence electrons. The van der Waals surface area contributed by atoms with E-state index in [1.165, 1.54) is 6.07 Å². The second-order valence-electron chi connectivity index (χ2n) is 3.92. The van der Waals surface area contributed by atoms with E-state index in [0.717, 1.165) is 37.6 Å². The summed E-state index contributed by atoms with van der Waals surface area (Å²) in [5.74, 6) is -0.532. The lowest BCUT2D eigenvalue weighted by molar-refractivity contribution is 0.550. The third-order valence-corrected chi connectivity index (χ3v) is 3.63. The summed E-state index contributed by atoms with van der Waals surface area (Å²) in [6.45, 7) is 1.94. The van der Waals surface area contributed by atoms with Gasteiger partial charge in [-0.3, -0.25) is 0 Å². The van der Waals surface area contributed by atoms with Crippen LogP contribution in [0.5, 0.6) is 0 Å². The molecular formula is C11H12BrF2N. The van der Waals surface area contributed by atoms with Gasteiger partial charge in [0.2, 0.25) is 0 Å². The van der Waals surface area contributed by atoms with Crippen LogP contribution < -0.4 is 5.32 Å². The van der Waals surface area contributed by atoms with Crippen molar-refractivity contribution in [1.82, 2.24) is 5.32 Å². The molecule has 1 fully saturated rings. The fourth-order valence-corrected chi connectivity index (χ4v) is 2.35. The maximum absolute atomic E-state index is 13.2.